The van der Waals surface area contributed by atoms with Gasteiger partial charge in [0.15, 0.2) is 11.6 Å². The minimum Gasteiger partial charge on any atom is -0.504 e. The van der Waals surface area contributed by atoms with Gasteiger partial charge in [-0.2, -0.15) is 0 Å². The topological polar surface area (TPSA) is 66.6 Å². The molecule has 4 nitrogen and oxygen atoms in total. The van der Waals surface area contributed by atoms with E-state index >= 15 is 0 Å². The average molecular weight is 405 g/mol. The number of hydrogen-bond acceptors (Lipinski definition) is 3. The number of halogens is 2. The lowest BCUT2D eigenvalue weighted by atomic mass is 9.81. The number of phenols is 1. The van der Waals surface area contributed by atoms with Gasteiger partial charge in [0.2, 0.25) is 5.91 Å². The number of primary amides is 1. The van der Waals surface area contributed by atoms with Gasteiger partial charge in [0, 0.05) is 11.5 Å². The lowest BCUT2D eigenvalue weighted by Gasteiger charge is -2.30. The molecule has 2 aromatic rings. The van der Waals surface area contributed by atoms with Crippen LogP contribution >= 0.6 is 11.6 Å². The summed E-state index contributed by atoms with van der Waals surface area (Å²) in [6, 6.07) is 12.8. The number of hydrogen-bond donors (Lipinski definition) is 2. The number of phenolic OH excluding ortho intramolecular Hbond substituents is 1. The molecule has 1 fully saturated rings. The van der Waals surface area contributed by atoms with E-state index in [2.05, 4.69) is 6.92 Å². The molecular weight excluding hydrogens is 379 g/mol. The molecule has 1 amide bonds. The summed E-state index contributed by atoms with van der Waals surface area (Å²) < 4.78 is 13.9. The second-order valence-electron chi connectivity index (χ2n) is 8.26. The third kappa shape index (κ3) is 3.49. The summed E-state index contributed by atoms with van der Waals surface area (Å²) in [5.74, 6) is -1.59. The summed E-state index contributed by atoms with van der Waals surface area (Å²) in [5.41, 5.74) is 6.69. The Bertz CT molecular complexity index is 866. The Morgan fingerprint density at radius 3 is 2.50 bits per heavy atom. The van der Waals surface area contributed by atoms with Crippen molar-refractivity contribution in [2.45, 2.75) is 37.6 Å². The zero-order valence-electron chi connectivity index (χ0n) is 16.4. The highest BCUT2D eigenvalue weighted by Gasteiger charge is 2.69. The number of amides is 1. The van der Waals surface area contributed by atoms with Crippen molar-refractivity contribution in [1.82, 2.24) is 4.90 Å². The predicted octanol–water partition coefficient (Wildman–Crippen LogP) is 3.88. The van der Waals surface area contributed by atoms with Crippen molar-refractivity contribution in [3.8, 4) is 5.75 Å². The number of aromatic hydroxyl groups is 1. The van der Waals surface area contributed by atoms with Gasteiger partial charge < -0.3 is 15.7 Å². The number of rotatable bonds is 7. The molecule has 150 valence electrons. The molecule has 0 heterocycles. The zero-order valence-corrected chi connectivity index (χ0v) is 17.1. The summed E-state index contributed by atoms with van der Waals surface area (Å²) in [5, 5.41) is 9.54. The quantitative estimate of drug-likeness (QED) is 0.735. The maximum atomic E-state index is 13.9. The largest absolute Gasteiger partial charge is 0.504 e. The fourth-order valence-corrected chi connectivity index (χ4v) is 4.58. The van der Waals surface area contributed by atoms with Crippen LogP contribution in [-0.4, -0.2) is 36.1 Å². The Hall–Kier alpha value is -2.11. The van der Waals surface area contributed by atoms with E-state index in [0.717, 1.165) is 5.56 Å². The summed E-state index contributed by atoms with van der Waals surface area (Å²) in [4.78, 5) is 14.5. The number of benzene rings is 2. The number of nitrogens with two attached hydrogens (primary N) is 1. The Balaban J connectivity index is 1.88. The first-order chi connectivity index (χ1) is 13.1. The molecule has 6 heteroatoms. The van der Waals surface area contributed by atoms with Crippen molar-refractivity contribution < 1.29 is 14.3 Å². The molecule has 0 bridgehead atoms. The molecule has 0 saturated heterocycles. The second kappa shape index (κ2) is 7.37. The van der Waals surface area contributed by atoms with Gasteiger partial charge in [-0.25, -0.2) is 4.39 Å². The molecule has 1 saturated carbocycles. The van der Waals surface area contributed by atoms with Crippen LogP contribution in [0.5, 0.6) is 5.75 Å². The highest BCUT2D eigenvalue weighted by molar-refractivity contribution is 6.32. The minimum absolute atomic E-state index is 0.0160. The number of carbonyl (C=O) groups excluding carboxylic acids is 1. The van der Waals surface area contributed by atoms with Gasteiger partial charge >= 0.3 is 0 Å². The van der Waals surface area contributed by atoms with E-state index in [1.54, 1.807) is 6.07 Å². The van der Waals surface area contributed by atoms with Crippen LogP contribution in [0.3, 0.4) is 0 Å². The molecule has 2 unspecified atom stereocenters. The predicted molar refractivity (Wildman–Crippen MR) is 109 cm³/mol. The standard InChI is InChI=1S/C22H26ClFN2O2/c1-21(15-7-5-4-6-8-15)13-22(21,20(25)28)12-16(26(2)3)9-14-10-17(23)19(27)18(24)11-14/h4-8,10-11,16,27H,9,12-13H2,1-3H3,(H2,25,28)/t16-,21?,22?/m0/s1. The monoisotopic (exact) mass is 404 g/mol. The molecular formula is C22H26ClFN2O2. The maximum absolute atomic E-state index is 13.9. The fraction of sp³-hybridized carbons (Fsp3) is 0.409. The first-order valence-electron chi connectivity index (χ1n) is 9.29. The molecule has 3 N–H and O–H groups in total. The summed E-state index contributed by atoms with van der Waals surface area (Å²) >= 11 is 5.93. The molecule has 0 aliphatic heterocycles. The third-order valence-electron chi connectivity index (χ3n) is 6.33. The minimum atomic E-state index is -0.745. The van der Waals surface area contributed by atoms with Crippen molar-refractivity contribution in [1.29, 1.82) is 0 Å². The van der Waals surface area contributed by atoms with Gasteiger partial charge in [-0.3, -0.25) is 4.79 Å². The molecule has 3 atom stereocenters. The molecule has 28 heavy (non-hydrogen) atoms. The average Bonchev–Trinajstić information content (AvgIpc) is 3.27. The van der Waals surface area contributed by atoms with Crippen LogP contribution in [0.15, 0.2) is 42.5 Å². The molecule has 3 rings (SSSR count). The van der Waals surface area contributed by atoms with E-state index < -0.39 is 17.0 Å². The van der Waals surface area contributed by atoms with Crippen LogP contribution in [0.25, 0.3) is 0 Å². The Labute approximate surface area is 170 Å². The number of likely N-dealkylation sites (N-methyl/N-ethyl adjacent to an activating group) is 1. The van der Waals surface area contributed by atoms with Gasteiger partial charge in [0.05, 0.1) is 10.4 Å². The Morgan fingerprint density at radius 1 is 1.32 bits per heavy atom. The van der Waals surface area contributed by atoms with Crippen molar-refractivity contribution in [3.05, 3.63) is 64.4 Å². The Morgan fingerprint density at radius 2 is 1.96 bits per heavy atom. The SMILES string of the molecule is CN(C)[C@@H](Cc1cc(F)c(O)c(Cl)c1)CC1(C(N)=O)CC1(C)c1ccccc1. The van der Waals surface area contributed by atoms with Crippen LogP contribution in [-0.2, 0) is 16.6 Å². The lowest BCUT2D eigenvalue weighted by molar-refractivity contribution is -0.124. The van der Waals surface area contributed by atoms with E-state index in [4.69, 9.17) is 17.3 Å². The van der Waals surface area contributed by atoms with E-state index in [-0.39, 0.29) is 22.4 Å². The first-order valence-corrected chi connectivity index (χ1v) is 9.67. The van der Waals surface area contributed by atoms with Crippen molar-refractivity contribution in [2.75, 3.05) is 14.1 Å². The molecule has 1 aliphatic carbocycles. The summed E-state index contributed by atoms with van der Waals surface area (Å²) in [7, 11) is 3.86. The van der Waals surface area contributed by atoms with E-state index in [9.17, 15) is 14.3 Å². The lowest BCUT2D eigenvalue weighted by Crippen LogP contribution is -2.40. The molecule has 0 spiro atoms. The molecule has 1 aliphatic rings. The van der Waals surface area contributed by atoms with Crippen molar-refractivity contribution >= 4 is 17.5 Å². The van der Waals surface area contributed by atoms with Gasteiger partial charge in [-0.15, -0.1) is 0 Å². The van der Waals surface area contributed by atoms with Crippen LogP contribution in [0.4, 0.5) is 4.39 Å². The number of nitrogens with zero attached hydrogens (tertiary/aromatic N) is 1. The third-order valence-corrected chi connectivity index (χ3v) is 6.62. The second-order valence-corrected chi connectivity index (χ2v) is 8.66. The highest BCUT2D eigenvalue weighted by Crippen LogP contribution is 2.67. The van der Waals surface area contributed by atoms with E-state index in [1.165, 1.54) is 6.07 Å². The molecule has 0 aromatic heterocycles. The Kier molecular flexibility index (Phi) is 5.43. The maximum Gasteiger partial charge on any atom is 0.224 e. The molecule has 0 radical (unpaired) electrons. The highest BCUT2D eigenvalue weighted by atomic mass is 35.5. The van der Waals surface area contributed by atoms with Crippen molar-refractivity contribution in [3.63, 3.8) is 0 Å². The van der Waals surface area contributed by atoms with Crippen LogP contribution in [0, 0.1) is 11.2 Å². The van der Waals surface area contributed by atoms with Crippen LogP contribution in [0.1, 0.15) is 30.9 Å². The van der Waals surface area contributed by atoms with Crippen molar-refractivity contribution in [2.24, 2.45) is 11.1 Å². The van der Waals surface area contributed by atoms with Gasteiger partial charge in [-0.05, 0) is 56.6 Å². The van der Waals surface area contributed by atoms with Gasteiger partial charge in [0.25, 0.3) is 0 Å². The smallest absolute Gasteiger partial charge is 0.224 e. The van der Waals surface area contributed by atoms with Crippen LogP contribution in [0.2, 0.25) is 5.02 Å². The summed E-state index contributed by atoms with van der Waals surface area (Å²) in [6.07, 6.45) is 1.74. The zero-order chi connectivity index (χ0) is 20.7. The van der Waals surface area contributed by atoms with E-state index in [1.807, 2.05) is 49.3 Å². The number of carbonyl (C=O) groups is 1. The van der Waals surface area contributed by atoms with Crippen LogP contribution < -0.4 is 5.73 Å². The molecule has 2 aromatic carbocycles. The van der Waals surface area contributed by atoms with Gasteiger partial charge in [-0.1, -0.05) is 48.9 Å². The fourth-order valence-electron chi connectivity index (χ4n) is 4.35. The first kappa shape index (κ1) is 20.6. The van der Waals surface area contributed by atoms with Gasteiger partial charge in [0.1, 0.15) is 0 Å². The normalized spacial score (nSPS) is 24.9. The van der Waals surface area contributed by atoms with E-state index in [0.29, 0.717) is 24.8 Å². The summed E-state index contributed by atoms with van der Waals surface area (Å²) in [6.45, 7) is 2.08.